The summed E-state index contributed by atoms with van der Waals surface area (Å²) in [7, 11) is -3.45. The SMILES string of the molecule is Cc1cc(S(=O)(=O)N2CCC(C3CCCN3)CC2)ccc1C#N.Cl. The lowest BCUT2D eigenvalue weighted by Crippen LogP contribution is -2.43. The lowest BCUT2D eigenvalue weighted by atomic mass is 9.89. The number of benzene rings is 1. The number of hydrogen-bond acceptors (Lipinski definition) is 4. The minimum Gasteiger partial charge on any atom is -0.314 e. The molecule has 0 spiro atoms. The molecular weight excluding hydrogens is 346 g/mol. The first kappa shape index (κ1) is 19.2. The fraction of sp³-hybridized carbons (Fsp3) is 0.588. The third kappa shape index (κ3) is 3.75. The fourth-order valence-corrected chi connectivity index (χ4v) is 5.26. The smallest absolute Gasteiger partial charge is 0.243 e. The van der Waals surface area contributed by atoms with Gasteiger partial charge in [-0.3, -0.25) is 0 Å². The van der Waals surface area contributed by atoms with E-state index in [4.69, 9.17) is 5.26 Å². The number of nitrogens with one attached hydrogen (secondary N) is 1. The summed E-state index contributed by atoms with van der Waals surface area (Å²) in [5, 5.41) is 12.5. The molecule has 0 radical (unpaired) electrons. The van der Waals surface area contributed by atoms with Crippen LogP contribution in [0.15, 0.2) is 23.1 Å². The van der Waals surface area contributed by atoms with Crippen LogP contribution in [0.3, 0.4) is 0 Å². The van der Waals surface area contributed by atoms with Crippen molar-refractivity contribution in [3.05, 3.63) is 29.3 Å². The Bertz CT molecular complexity index is 716. The molecular formula is C17H24ClN3O2S. The van der Waals surface area contributed by atoms with Crippen LogP contribution < -0.4 is 5.32 Å². The molecule has 0 bridgehead atoms. The molecule has 24 heavy (non-hydrogen) atoms. The van der Waals surface area contributed by atoms with Gasteiger partial charge in [0.05, 0.1) is 16.5 Å². The Morgan fingerprint density at radius 3 is 2.50 bits per heavy atom. The topological polar surface area (TPSA) is 73.2 Å². The highest BCUT2D eigenvalue weighted by Crippen LogP contribution is 2.29. The quantitative estimate of drug-likeness (QED) is 0.888. The summed E-state index contributed by atoms with van der Waals surface area (Å²) >= 11 is 0. The van der Waals surface area contributed by atoms with Gasteiger partial charge >= 0.3 is 0 Å². The predicted molar refractivity (Wildman–Crippen MR) is 95.6 cm³/mol. The van der Waals surface area contributed by atoms with Crippen molar-refractivity contribution in [1.82, 2.24) is 9.62 Å². The van der Waals surface area contributed by atoms with Crippen molar-refractivity contribution in [3.8, 4) is 6.07 Å². The van der Waals surface area contributed by atoms with Gasteiger partial charge in [-0.25, -0.2) is 8.42 Å². The molecule has 0 aromatic heterocycles. The average molecular weight is 370 g/mol. The van der Waals surface area contributed by atoms with Gasteiger partial charge in [0.15, 0.2) is 0 Å². The van der Waals surface area contributed by atoms with Crippen LogP contribution in [0.4, 0.5) is 0 Å². The lowest BCUT2D eigenvalue weighted by Gasteiger charge is -2.34. The van der Waals surface area contributed by atoms with Crippen LogP contribution in [-0.4, -0.2) is 38.4 Å². The average Bonchev–Trinajstić information content (AvgIpc) is 3.09. The van der Waals surface area contributed by atoms with E-state index in [1.807, 2.05) is 0 Å². The highest BCUT2D eigenvalue weighted by atomic mass is 35.5. The number of rotatable bonds is 3. The van der Waals surface area contributed by atoms with Gasteiger partial charge in [0.2, 0.25) is 10.0 Å². The van der Waals surface area contributed by atoms with Gasteiger partial charge < -0.3 is 5.32 Å². The van der Waals surface area contributed by atoms with Gasteiger partial charge in [0.1, 0.15) is 0 Å². The number of aryl methyl sites for hydroxylation is 1. The van der Waals surface area contributed by atoms with Crippen molar-refractivity contribution in [2.24, 2.45) is 5.92 Å². The molecule has 7 heteroatoms. The molecule has 132 valence electrons. The van der Waals surface area contributed by atoms with Crippen LogP contribution in [0, 0.1) is 24.2 Å². The normalized spacial score (nSPS) is 22.8. The minimum atomic E-state index is -3.45. The van der Waals surface area contributed by atoms with Crippen molar-refractivity contribution in [2.75, 3.05) is 19.6 Å². The molecule has 0 aliphatic carbocycles. The number of halogens is 1. The maximum atomic E-state index is 12.8. The Morgan fingerprint density at radius 1 is 1.25 bits per heavy atom. The van der Waals surface area contributed by atoms with Gasteiger partial charge in [-0.1, -0.05) is 0 Å². The number of hydrogen-bond donors (Lipinski definition) is 1. The van der Waals surface area contributed by atoms with Crippen LogP contribution in [0.25, 0.3) is 0 Å². The summed E-state index contributed by atoms with van der Waals surface area (Å²) in [6.07, 6.45) is 4.29. The minimum absolute atomic E-state index is 0. The highest BCUT2D eigenvalue weighted by Gasteiger charge is 2.33. The van der Waals surface area contributed by atoms with Gasteiger partial charge in [-0.2, -0.15) is 9.57 Å². The van der Waals surface area contributed by atoms with Crippen molar-refractivity contribution in [2.45, 2.75) is 43.5 Å². The molecule has 3 rings (SSSR count). The van der Waals surface area contributed by atoms with Gasteiger partial charge in [-0.05, 0) is 68.8 Å². The summed E-state index contributed by atoms with van der Waals surface area (Å²) in [6.45, 7) is 4.04. The summed E-state index contributed by atoms with van der Waals surface area (Å²) < 4.78 is 27.2. The van der Waals surface area contributed by atoms with Crippen LogP contribution in [0.2, 0.25) is 0 Å². The highest BCUT2D eigenvalue weighted by molar-refractivity contribution is 7.89. The van der Waals surface area contributed by atoms with E-state index in [1.54, 1.807) is 29.4 Å². The van der Waals surface area contributed by atoms with E-state index in [0.717, 1.165) is 19.4 Å². The predicted octanol–water partition coefficient (Wildman–Crippen LogP) is 2.44. The van der Waals surface area contributed by atoms with Gasteiger partial charge in [0.25, 0.3) is 0 Å². The Balaban J connectivity index is 0.00000208. The molecule has 0 amide bonds. The lowest BCUT2D eigenvalue weighted by molar-refractivity contribution is 0.234. The molecule has 0 saturated carbocycles. The summed E-state index contributed by atoms with van der Waals surface area (Å²) in [6, 6.07) is 7.39. The van der Waals surface area contributed by atoms with E-state index in [2.05, 4.69) is 11.4 Å². The van der Waals surface area contributed by atoms with Gasteiger partial charge in [0, 0.05) is 19.1 Å². The first-order valence-corrected chi connectivity index (χ1v) is 9.70. The molecule has 1 N–H and O–H groups in total. The molecule has 1 unspecified atom stereocenters. The molecule has 2 aliphatic rings. The Hall–Kier alpha value is -1.13. The van der Waals surface area contributed by atoms with Crippen LogP contribution in [-0.2, 0) is 10.0 Å². The van der Waals surface area contributed by atoms with Crippen molar-refractivity contribution in [3.63, 3.8) is 0 Å². The van der Waals surface area contributed by atoms with E-state index in [1.165, 1.54) is 12.8 Å². The second-order valence-corrected chi connectivity index (χ2v) is 8.47. The largest absolute Gasteiger partial charge is 0.314 e. The second kappa shape index (κ2) is 7.83. The first-order chi connectivity index (χ1) is 11.0. The molecule has 2 aliphatic heterocycles. The zero-order valence-corrected chi connectivity index (χ0v) is 15.5. The van der Waals surface area contributed by atoms with E-state index in [-0.39, 0.29) is 12.4 Å². The molecule has 1 aromatic rings. The standard InChI is InChI=1S/C17H23N3O2S.ClH/c1-13-11-16(5-4-15(13)12-18)23(21,22)20-9-6-14(7-10-20)17-3-2-8-19-17;/h4-5,11,14,17,19H,2-3,6-10H2,1H3;1H. The van der Waals surface area contributed by atoms with Crippen LogP contribution >= 0.6 is 12.4 Å². The summed E-state index contributed by atoms with van der Waals surface area (Å²) in [5.41, 5.74) is 1.23. The van der Waals surface area contributed by atoms with E-state index in [9.17, 15) is 8.42 Å². The maximum absolute atomic E-state index is 12.8. The van der Waals surface area contributed by atoms with Crippen molar-refractivity contribution >= 4 is 22.4 Å². The third-order valence-corrected chi connectivity index (χ3v) is 7.02. The zero-order chi connectivity index (χ0) is 16.4. The number of nitrogens with zero attached hydrogens (tertiary/aromatic N) is 2. The fourth-order valence-electron chi connectivity index (χ4n) is 3.70. The second-order valence-electron chi connectivity index (χ2n) is 6.53. The van der Waals surface area contributed by atoms with E-state index >= 15 is 0 Å². The molecule has 2 fully saturated rings. The molecule has 2 saturated heterocycles. The Morgan fingerprint density at radius 2 is 1.96 bits per heavy atom. The molecule has 5 nitrogen and oxygen atoms in total. The monoisotopic (exact) mass is 369 g/mol. The van der Waals surface area contributed by atoms with Crippen LogP contribution in [0.5, 0.6) is 0 Å². The van der Waals surface area contributed by atoms with E-state index in [0.29, 0.717) is 41.1 Å². The summed E-state index contributed by atoms with van der Waals surface area (Å²) in [4.78, 5) is 0.298. The summed E-state index contributed by atoms with van der Waals surface area (Å²) in [5.74, 6) is 0.589. The molecule has 1 aromatic carbocycles. The maximum Gasteiger partial charge on any atom is 0.243 e. The number of piperidine rings is 1. The first-order valence-electron chi connectivity index (χ1n) is 8.26. The number of nitriles is 1. The number of sulfonamides is 1. The molecule has 1 atom stereocenters. The van der Waals surface area contributed by atoms with E-state index < -0.39 is 10.0 Å². The Kier molecular flexibility index (Phi) is 6.27. The van der Waals surface area contributed by atoms with Crippen molar-refractivity contribution in [1.29, 1.82) is 5.26 Å². The van der Waals surface area contributed by atoms with Gasteiger partial charge in [-0.15, -0.1) is 12.4 Å². The van der Waals surface area contributed by atoms with Crippen molar-refractivity contribution < 1.29 is 8.42 Å². The zero-order valence-electron chi connectivity index (χ0n) is 13.9. The third-order valence-electron chi connectivity index (χ3n) is 5.12. The van der Waals surface area contributed by atoms with Crippen LogP contribution in [0.1, 0.15) is 36.8 Å². The molecule has 2 heterocycles. The Labute approximate surface area is 150 Å².